The van der Waals surface area contributed by atoms with E-state index < -0.39 is 11.7 Å². The molecule has 7 aromatic rings. The fraction of sp³-hybridized carbons (Fsp3) is 0.466. The number of para-hydroxylation sites is 2. The van der Waals surface area contributed by atoms with E-state index >= 15 is 0 Å². The zero-order valence-electron chi connectivity index (χ0n) is 46.2. The van der Waals surface area contributed by atoms with Crippen LogP contribution in [0.4, 0.5) is 16.7 Å². The molecule has 1 amide bonds. The quantitative estimate of drug-likeness (QED) is 0.0733. The standard InChI is InChI=1S/C28H33N5O2.C26H35N5O4.C2H4I.C2H5.2V/c1-20(2)24-18-30-33-26(24)31-28(35-23-14-7-4-8-15-23)32-27(33)29-17-22-13-9-10-16-25(22)34-19-21-11-5-3-6-12-21;1-17(2)20-15-27-31-22(20)28-23(34-19-12-7-6-8-13-19)29-24(31)30(25(33)35-26(3,4)5)16-18-11-9-10-14-21(18)32;1-2-3;1-2;;/h3,5-6,9-13,16,18,20,23H,4,7-8,14-15,17,19H2,1-2H3,(H,29,31,32);9-11,14-15,17,19,32H,6-8,12-13,16H2,1-5H3;2H,1H3;1H2,2H3;;/q;;2*-1;;. The Kier molecular flexibility index (Phi) is 26.9. The summed E-state index contributed by atoms with van der Waals surface area (Å²) in [5, 5.41) is 23.0. The summed E-state index contributed by atoms with van der Waals surface area (Å²) in [5.41, 5.74) is 5.38. The van der Waals surface area contributed by atoms with Crippen LogP contribution in [0.15, 0.2) is 91.3 Å². The van der Waals surface area contributed by atoms with Gasteiger partial charge < -0.3 is 58.9 Å². The van der Waals surface area contributed by atoms with Crippen LogP contribution in [-0.4, -0.2) is 68.2 Å². The molecule has 4 aromatic heterocycles. The molecule has 414 valence electrons. The number of amides is 1. The van der Waals surface area contributed by atoms with Crippen molar-refractivity contribution in [3.05, 3.63) is 130 Å². The molecule has 2 aliphatic carbocycles. The number of nitrogens with one attached hydrogen (secondary N) is 1. The van der Waals surface area contributed by atoms with Crippen molar-refractivity contribution in [2.45, 2.75) is 176 Å². The van der Waals surface area contributed by atoms with Gasteiger partial charge in [0.05, 0.1) is 18.9 Å². The van der Waals surface area contributed by atoms with E-state index in [4.69, 9.17) is 33.9 Å². The molecule has 2 N–H and O–H groups in total. The van der Waals surface area contributed by atoms with Crippen molar-refractivity contribution in [1.29, 1.82) is 0 Å². The Hall–Kier alpha value is -5.07. The summed E-state index contributed by atoms with van der Waals surface area (Å²) in [6, 6.07) is 25.8. The number of phenolic OH excluding ortho intramolecular Hbond substituents is 1. The van der Waals surface area contributed by atoms with Gasteiger partial charge in [-0.25, -0.2) is 9.69 Å². The number of hydrogen-bond donors (Lipinski definition) is 2. The second kappa shape index (κ2) is 32.1. The molecule has 2 aliphatic rings. The van der Waals surface area contributed by atoms with Gasteiger partial charge in [-0.1, -0.05) is 107 Å². The monoisotopic (exact) mass is 1240 g/mol. The number of rotatable bonds is 15. The molecule has 3 aromatic carbocycles. The van der Waals surface area contributed by atoms with E-state index in [1.54, 1.807) is 67.2 Å². The van der Waals surface area contributed by atoms with Crippen LogP contribution in [0.1, 0.15) is 166 Å². The molecule has 0 spiro atoms. The number of phenols is 1. The number of hydrogen-bond acceptors (Lipinski definition) is 13. The van der Waals surface area contributed by atoms with E-state index in [1.165, 1.54) is 30.6 Å². The summed E-state index contributed by atoms with van der Waals surface area (Å²) in [5.74, 6) is 2.22. The van der Waals surface area contributed by atoms with Crippen LogP contribution >= 0.6 is 22.6 Å². The van der Waals surface area contributed by atoms with Crippen LogP contribution in [-0.2, 0) is 61.5 Å². The largest absolute Gasteiger partial charge is 0.508 e. The first-order valence-electron chi connectivity index (χ1n) is 26.4. The third kappa shape index (κ3) is 18.8. The van der Waals surface area contributed by atoms with E-state index in [9.17, 15) is 9.90 Å². The van der Waals surface area contributed by atoms with Gasteiger partial charge in [0, 0.05) is 65.9 Å². The number of anilines is 2. The maximum atomic E-state index is 13.4. The van der Waals surface area contributed by atoms with Crippen molar-refractivity contribution < 1.29 is 66.0 Å². The molecular weight excluding hydrogens is 1160 g/mol. The van der Waals surface area contributed by atoms with Crippen LogP contribution in [0.2, 0.25) is 0 Å². The van der Waals surface area contributed by atoms with E-state index in [1.807, 2.05) is 53.9 Å². The maximum absolute atomic E-state index is 13.4. The van der Waals surface area contributed by atoms with Gasteiger partial charge in [0.1, 0.15) is 35.9 Å². The minimum atomic E-state index is -0.727. The van der Waals surface area contributed by atoms with Crippen LogP contribution in [0, 0.1) is 11.4 Å². The van der Waals surface area contributed by atoms with Gasteiger partial charge >= 0.3 is 18.1 Å². The maximum Gasteiger partial charge on any atom is 0.417 e. The Labute approximate surface area is 493 Å². The third-order valence-corrected chi connectivity index (χ3v) is 12.4. The first-order valence-corrected chi connectivity index (χ1v) is 27.6. The fourth-order valence-corrected chi connectivity index (χ4v) is 8.66. The van der Waals surface area contributed by atoms with Crippen molar-refractivity contribution >= 4 is 51.9 Å². The van der Waals surface area contributed by atoms with Gasteiger partial charge in [0.25, 0.3) is 0 Å². The minimum Gasteiger partial charge on any atom is -0.508 e. The Bertz CT molecular complexity index is 2850. The summed E-state index contributed by atoms with van der Waals surface area (Å²) >= 11 is 2.16. The Morgan fingerprint density at radius 3 is 1.78 bits per heavy atom. The summed E-state index contributed by atoms with van der Waals surface area (Å²) in [6.45, 7) is 21.9. The van der Waals surface area contributed by atoms with Crippen molar-refractivity contribution in [2.75, 3.05) is 10.2 Å². The van der Waals surface area contributed by atoms with Crippen LogP contribution in [0.3, 0.4) is 0 Å². The smallest absolute Gasteiger partial charge is 0.417 e. The molecule has 0 atom stereocenters. The van der Waals surface area contributed by atoms with E-state index in [0.29, 0.717) is 42.2 Å². The zero-order valence-corrected chi connectivity index (χ0v) is 51.2. The number of ether oxygens (including phenoxy) is 4. The van der Waals surface area contributed by atoms with Crippen molar-refractivity contribution in [3.8, 4) is 23.5 Å². The number of halogens is 1. The minimum absolute atomic E-state index is 0. The summed E-state index contributed by atoms with van der Waals surface area (Å²) in [4.78, 5) is 33.6. The second-order valence-electron chi connectivity index (χ2n) is 20.0. The predicted octanol–water partition coefficient (Wildman–Crippen LogP) is 14.2. The number of carbonyl (C=O) groups is 1. The molecule has 0 aliphatic heterocycles. The summed E-state index contributed by atoms with van der Waals surface area (Å²) in [6.07, 6.45) is 14.3. The molecule has 0 saturated heterocycles. The van der Waals surface area contributed by atoms with Crippen molar-refractivity contribution in [3.63, 3.8) is 0 Å². The molecule has 2 fully saturated rings. The molecular formula is C58H77IN10O6V2-2. The van der Waals surface area contributed by atoms with Gasteiger partial charge in [0.15, 0.2) is 11.3 Å². The number of nitrogens with zero attached hydrogens (tertiary/aromatic N) is 9. The molecule has 77 heavy (non-hydrogen) atoms. The first kappa shape index (κ1) is 64.5. The molecule has 19 heteroatoms. The fourth-order valence-electron chi connectivity index (χ4n) is 8.66. The summed E-state index contributed by atoms with van der Waals surface area (Å²) in [7, 11) is 0. The topological polar surface area (TPSA) is 176 Å². The summed E-state index contributed by atoms with van der Waals surface area (Å²) < 4.78 is 29.6. The third-order valence-electron chi connectivity index (χ3n) is 12.4. The van der Waals surface area contributed by atoms with Crippen LogP contribution in [0.5, 0.6) is 23.5 Å². The SMILES string of the molecule is CC(C)c1cnn2c(N(Cc3ccccc3O)C(=O)OC(C)(C)C)nc(OC3CCCCC3)nc12.CC(C)c1cnn2c(NCc3ccccc3OCc3ccccc3)nc(OC3CCCCC3)nc12.C[CH-]I.[CH2-]C.[V].[V]. The Morgan fingerprint density at radius 1 is 0.740 bits per heavy atom. The molecule has 0 bridgehead atoms. The number of carbonyl (C=O) groups excluding carboxylic acids is 1. The number of fused-ring (bicyclic) bond motifs is 2. The molecule has 9 rings (SSSR count). The first-order chi connectivity index (χ1) is 36.2. The van der Waals surface area contributed by atoms with E-state index in [-0.39, 0.29) is 79.5 Å². The normalized spacial score (nSPS) is 13.6. The van der Waals surface area contributed by atoms with Gasteiger partial charge in [0.2, 0.25) is 11.9 Å². The molecule has 16 nitrogen and oxygen atoms in total. The van der Waals surface area contributed by atoms with Gasteiger partial charge in [-0.3, -0.25) is 4.43 Å². The zero-order chi connectivity index (χ0) is 53.9. The van der Waals surface area contributed by atoms with Gasteiger partial charge in [-0.15, -0.1) is 0 Å². The van der Waals surface area contributed by atoms with Gasteiger partial charge in [-0.2, -0.15) is 53.0 Å². The number of benzene rings is 3. The van der Waals surface area contributed by atoms with Crippen molar-refractivity contribution in [1.82, 2.24) is 39.2 Å². The van der Waals surface area contributed by atoms with Crippen LogP contribution < -0.4 is 24.4 Å². The molecule has 4 heterocycles. The molecule has 2 radical (unpaired) electrons. The van der Waals surface area contributed by atoms with E-state index in [2.05, 4.69) is 95.9 Å². The average Bonchev–Trinajstić information content (AvgIpc) is 4.07. The predicted molar refractivity (Wildman–Crippen MR) is 305 cm³/mol. The Morgan fingerprint density at radius 2 is 1.23 bits per heavy atom. The van der Waals surface area contributed by atoms with Crippen LogP contribution in [0.25, 0.3) is 11.3 Å². The van der Waals surface area contributed by atoms with Gasteiger partial charge in [-0.05, 0) is 102 Å². The van der Waals surface area contributed by atoms with E-state index in [0.717, 1.165) is 72.2 Å². The Balaban J connectivity index is 0.000000300. The number of aromatic nitrogens is 8. The number of aromatic hydroxyl groups is 1. The molecule has 2 saturated carbocycles. The van der Waals surface area contributed by atoms with Crippen molar-refractivity contribution in [2.24, 2.45) is 0 Å². The second-order valence-corrected chi connectivity index (χ2v) is 21.3. The average molecular weight is 1240 g/mol. The molecule has 0 unspecified atom stereocenters.